The molecule has 130 valence electrons. The topological polar surface area (TPSA) is 155 Å². The fourth-order valence-electron chi connectivity index (χ4n) is 2.62. The molecule has 1 aliphatic heterocycles. The molecule has 0 spiro atoms. The number of aromatic amines is 1. The van der Waals surface area contributed by atoms with Crippen molar-refractivity contribution in [2.45, 2.75) is 31.0 Å². The maximum absolute atomic E-state index is 12.0. The van der Waals surface area contributed by atoms with Crippen LogP contribution in [0.4, 0.5) is 0 Å². The Kier molecular flexibility index (Phi) is 4.32. The first kappa shape index (κ1) is 16.5. The molecule has 0 bridgehead atoms. The number of rotatable bonds is 4. The summed E-state index contributed by atoms with van der Waals surface area (Å²) in [4.78, 5) is 26.1. The molecular weight excluding hydrogens is 322 g/mol. The second kappa shape index (κ2) is 6.28. The smallest absolute Gasteiger partial charge is 0.330 e. The van der Waals surface area contributed by atoms with Gasteiger partial charge in [-0.3, -0.25) is 19.0 Å². The minimum Gasteiger partial charge on any atom is -0.394 e. The van der Waals surface area contributed by atoms with Crippen LogP contribution in [0.5, 0.6) is 0 Å². The molecule has 3 rings (SSSR count). The van der Waals surface area contributed by atoms with E-state index in [9.17, 15) is 19.8 Å². The zero-order chi connectivity index (χ0) is 17.4. The summed E-state index contributed by atoms with van der Waals surface area (Å²) in [6.07, 6.45) is -2.01. The predicted octanol–water partition coefficient (Wildman–Crippen LogP) is -3.13. The highest BCUT2D eigenvalue weighted by Gasteiger charge is 2.43. The van der Waals surface area contributed by atoms with Gasteiger partial charge in [0.1, 0.15) is 18.3 Å². The van der Waals surface area contributed by atoms with E-state index in [1.54, 1.807) is 13.2 Å². The van der Waals surface area contributed by atoms with E-state index in [1.807, 2.05) is 0 Å². The average molecular weight is 339 g/mol. The van der Waals surface area contributed by atoms with Crippen LogP contribution < -0.4 is 11.2 Å². The minimum atomic E-state index is -1.42. The Labute approximate surface area is 134 Å². The molecule has 0 radical (unpaired) electrons. The molecule has 4 unspecified atom stereocenters. The van der Waals surface area contributed by atoms with E-state index in [1.165, 1.54) is 10.9 Å². The molecule has 1 aliphatic rings. The van der Waals surface area contributed by atoms with Crippen LogP contribution in [-0.2, 0) is 18.2 Å². The van der Waals surface area contributed by atoms with Crippen LogP contribution in [0.15, 0.2) is 22.0 Å². The second-order valence-corrected chi connectivity index (χ2v) is 5.61. The van der Waals surface area contributed by atoms with E-state index >= 15 is 0 Å². The summed E-state index contributed by atoms with van der Waals surface area (Å²) in [6.45, 7) is -0.515. The molecule has 0 saturated carbocycles. The quantitative estimate of drug-likeness (QED) is 0.455. The van der Waals surface area contributed by atoms with E-state index < -0.39 is 42.4 Å². The fraction of sp³-hybridized carbons (Fsp3) is 0.538. The monoisotopic (exact) mass is 339 g/mol. The molecule has 0 aromatic carbocycles. The van der Waals surface area contributed by atoms with Crippen molar-refractivity contribution < 1.29 is 20.1 Å². The van der Waals surface area contributed by atoms with E-state index in [2.05, 4.69) is 15.3 Å². The Morgan fingerprint density at radius 2 is 2.04 bits per heavy atom. The zero-order valence-electron chi connectivity index (χ0n) is 12.7. The average Bonchev–Trinajstić information content (AvgIpc) is 3.07. The van der Waals surface area contributed by atoms with Gasteiger partial charge in [-0.2, -0.15) is 0 Å². The summed E-state index contributed by atoms with van der Waals surface area (Å²) in [7, 11) is 1.68. The van der Waals surface area contributed by atoms with Gasteiger partial charge in [-0.25, -0.2) is 4.79 Å². The van der Waals surface area contributed by atoms with Gasteiger partial charge in [-0.1, -0.05) is 5.21 Å². The molecule has 4 N–H and O–H groups in total. The summed E-state index contributed by atoms with van der Waals surface area (Å²) in [5.74, 6) is 0. The summed E-state index contributed by atoms with van der Waals surface area (Å²) in [5, 5.41) is 36.6. The number of H-pyrrole nitrogens is 1. The Bertz CT molecular complexity index is 842. The molecule has 11 heteroatoms. The van der Waals surface area contributed by atoms with Gasteiger partial charge in [0.05, 0.1) is 12.3 Å². The number of nitrogens with zero attached hydrogens (tertiary/aromatic N) is 4. The van der Waals surface area contributed by atoms with Gasteiger partial charge in [-0.15, -0.1) is 5.10 Å². The van der Waals surface area contributed by atoms with Crippen molar-refractivity contribution in [3.8, 4) is 0 Å². The minimum absolute atomic E-state index is 0.123. The van der Waals surface area contributed by atoms with Crippen molar-refractivity contribution in [1.29, 1.82) is 0 Å². The molecule has 3 heterocycles. The highest BCUT2D eigenvalue weighted by molar-refractivity contribution is 5.14. The number of hydrogen-bond acceptors (Lipinski definition) is 8. The van der Waals surface area contributed by atoms with Crippen LogP contribution in [0, 0.1) is 0 Å². The Hall–Kier alpha value is -2.34. The summed E-state index contributed by atoms with van der Waals surface area (Å²) in [5.41, 5.74) is -0.645. The lowest BCUT2D eigenvalue weighted by Gasteiger charge is -2.17. The van der Waals surface area contributed by atoms with Gasteiger partial charge >= 0.3 is 5.69 Å². The molecule has 24 heavy (non-hydrogen) atoms. The van der Waals surface area contributed by atoms with E-state index in [-0.39, 0.29) is 12.0 Å². The van der Waals surface area contributed by atoms with Crippen molar-refractivity contribution >= 4 is 0 Å². The van der Waals surface area contributed by atoms with Crippen molar-refractivity contribution in [2.75, 3.05) is 6.61 Å². The fourth-order valence-corrected chi connectivity index (χ4v) is 2.62. The second-order valence-electron chi connectivity index (χ2n) is 5.61. The first-order chi connectivity index (χ1) is 11.4. The van der Waals surface area contributed by atoms with Crippen molar-refractivity contribution in [3.63, 3.8) is 0 Å². The van der Waals surface area contributed by atoms with Crippen LogP contribution in [-0.4, -0.2) is 64.8 Å². The summed E-state index contributed by atoms with van der Waals surface area (Å²) in [6, 6.07) is 0. The molecule has 0 aliphatic carbocycles. The highest BCUT2D eigenvalue weighted by Crippen LogP contribution is 2.28. The van der Waals surface area contributed by atoms with Crippen molar-refractivity contribution in [3.05, 3.63) is 44.5 Å². The van der Waals surface area contributed by atoms with Crippen LogP contribution in [0.1, 0.15) is 17.5 Å². The van der Waals surface area contributed by atoms with Crippen LogP contribution in [0.2, 0.25) is 0 Å². The van der Waals surface area contributed by atoms with Gasteiger partial charge in [0.2, 0.25) is 0 Å². The Morgan fingerprint density at radius 3 is 2.62 bits per heavy atom. The van der Waals surface area contributed by atoms with Gasteiger partial charge < -0.3 is 20.1 Å². The molecular formula is C13H17N5O6. The van der Waals surface area contributed by atoms with Crippen molar-refractivity contribution in [2.24, 2.45) is 7.05 Å². The lowest BCUT2D eigenvalue weighted by Crippen LogP contribution is -2.39. The maximum Gasteiger partial charge on any atom is 0.330 e. The largest absolute Gasteiger partial charge is 0.394 e. The third-order valence-corrected chi connectivity index (χ3v) is 3.85. The maximum atomic E-state index is 12.0. The molecule has 2 aromatic rings. The lowest BCUT2D eigenvalue weighted by molar-refractivity contribution is -0.0551. The Morgan fingerprint density at radius 1 is 1.29 bits per heavy atom. The molecule has 1 fully saturated rings. The highest BCUT2D eigenvalue weighted by atomic mass is 16.6. The number of aliphatic hydroxyl groups excluding tert-OH is 3. The van der Waals surface area contributed by atoms with Crippen molar-refractivity contribution in [1.82, 2.24) is 24.5 Å². The van der Waals surface area contributed by atoms with E-state index in [4.69, 9.17) is 9.84 Å². The van der Waals surface area contributed by atoms with Crippen LogP contribution in [0.3, 0.4) is 0 Å². The zero-order valence-corrected chi connectivity index (χ0v) is 12.7. The molecule has 0 amide bonds. The first-order valence-electron chi connectivity index (χ1n) is 7.22. The number of aliphatic hydroxyl groups is 3. The first-order valence-corrected chi connectivity index (χ1v) is 7.22. The predicted molar refractivity (Wildman–Crippen MR) is 78.1 cm³/mol. The molecule has 1 saturated heterocycles. The van der Waals surface area contributed by atoms with Gasteiger partial charge in [0.15, 0.2) is 6.23 Å². The van der Waals surface area contributed by atoms with Crippen LogP contribution >= 0.6 is 0 Å². The molecule has 4 atom stereocenters. The van der Waals surface area contributed by atoms with Gasteiger partial charge in [0, 0.05) is 31.4 Å². The lowest BCUT2D eigenvalue weighted by atomic mass is 10.1. The summed E-state index contributed by atoms with van der Waals surface area (Å²) >= 11 is 0. The summed E-state index contributed by atoms with van der Waals surface area (Å²) < 4.78 is 7.77. The van der Waals surface area contributed by atoms with Gasteiger partial charge in [-0.05, 0) is 0 Å². The van der Waals surface area contributed by atoms with Crippen LogP contribution in [0.25, 0.3) is 0 Å². The molecule has 2 aromatic heterocycles. The number of aryl methyl sites for hydroxylation is 1. The number of ether oxygens (including phenoxy) is 1. The normalized spacial score (nSPS) is 26.8. The van der Waals surface area contributed by atoms with E-state index in [0.717, 1.165) is 4.57 Å². The standard InChI is InChI=1S/C13H17N5O6/c1-17-4-7(15-16-17)2-6-3-18(13(23)14-11(6)22)12-10(21)9(20)8(5-19)24-12/h3-4,8-10,12,19-21H,2,5H2,1H3,(H,14,22,23). The number of nitrogens with one attached hydrogen (secondary N) is 1. The Balaban J connectivity index is 1.96. The number of aromatic nitrogens is 5. The van der Waals surface area contributed by atoms with E-state index in [0.29, 0.717) is 5.69 Å². The third kappa shape index (κ3) is 2.89. The third-order valence-electron chi connectivity index (χ3n) is 3.85. The SMILES string of the molecule is Cn1cc(Cc2cn(C3OC(CO)C(O)C3O)c(=O)[nH]c2=O)nn1. The number of hydrogen-bond donors (Lipinski definition) is 4. The molecule has 11 nitrogen and oxygen atoms in total. The van der Waals surface area contributed by atoms with Gasteiger partial charge in [0.25, 0.3) is 5.56 Å².